The summed E-state index contributed by atoms with van der Waals surface area (Å²) in [6.07, 6.45) is 0. The van der Waals surface area contributed by atoms with Crippen LogP contribution in [0, 0.1) is 0 Å². The number of halogens is 1. The number of methoxy groups -OCH3 is 1. The number of benzene rings is 2. The predicted molar refractivity (Wildman–Crippen MR) is 84.9 cm³/mol. The van der Waals surface area contributed by atoms with Crippen molar-refractivity contribution in [1.29, 1.82) is 0 Å². The molecule has 0 aliphatic carbocycles. The lowest BCUT2D eigenvalue weighted by molar-refractivity contribution is -0.138. The van der Waals surface area contributed by atoms with E-state index in [1.54, 1.807) is 30.3 Å². The van der Waals surface area contributed by atoms with Gasteiger partial charge in [0.25, 0.3) is 5.91 Å². The Kier molecular flexibility index (Phi) is 3.73. The third-order valence-corrected chi connectivity index (χ3v) is 3.67. The van der Waals surface area contributed by atoms with E-state index < -0.39 is 5.97 Å². The first kappa shape index (κ1) is 14.4. The number of hydrogen-bond donors (Lipinski definition) is 1. The third-order valence-electron chi connectivity index (χ3n) is 3.44. The van der Waals surface area contributed by atoms with E-state index >= 15 is 0 Å². The van der Waals surface area contributed by atoms with E-state index in [9.17, 15) is 9.59 Å². The molecule has 5 nitrogen and oxygen atoms in total. The number of para-hydroxylation sites is 1. The SMILES string of the molecule is COC(=O)CN1C(=O)c2ccccc2Nc2ccc(Cl)cc21. The van der Waals surface area contributed by atoms with Crippen molar-refractivity contribution in [3.05, 3.63) is 53.1 Å². The number of nitrogens with zero attached hydrogens (tertiary/aromatic N) is 1. The number of carbonyl (C=O) groups is 2. The quantitative estimate of drug-likeness (QED) is 0.864. The minimum atomic E-state index is -0.501. The number of amides is 1. The van der Waals surface area contributed by atoms with E-state index in [0.29, 0.717) is 27.6 Å². The Morgan fingerprint density at radius 3 is 2.77 bits per heavy atom. The molecule has 1 N–H and O–H groups in total. The smallest absolute Gasteiger partial charge is 0.325 e. The van der Waals surface area contributed by atoms with Crippen molar-refractivity contribution < 1.29 is 14.3 Å². The zero-order chi connectivity index (χ0) is 15.7. The summed E-state index contributed by atoms with van der Waals surface area (Å²) >= 11 is 6.04. The largest absolute Gasteiger partial charge is 0.468 e. The molecule has 0 unspecified atom stereocenters. The van der Waals surface area contributed by atoms with Gasteiger partial charge in [-0.1, -0.05) is 23.7 Å². The highest BCUT2D eigenvalue weighted by Crippen LogP contribution is 2.37. The van der Waals surface area contributed by atoms with E-state index in [2.05, 4.69) is 10.1 Å². The minimum Gasteiger partial charge on any atom is -0.468 e. The lowest BCUT2D eigenvalue weighted by Gasteiger charge is -2.21. The Bertz CT molecular complexity index is 761. The topological polar surface area (TPSA) is 58.6 Å². The number of fused-ring (bicyclic) bond motifs is 2. The zero-order valence-corrected chi connectivity index (χ0v) is 12.6. The first-order valence-electron chi connectivity index (χ1n) is 6.64. The number of ether oxygens (including phenoxy) is 1. The number of rotatable bonds is 2. The van der Waals surface area contributed by atoms with Crippen molar-refractivity contribution in [1.82, 2.24) is 0 Å². The molecule has 0 radical (unpaired) electrons. The van der Waals surface area contributed by atoms with Gasteiger partial charge in [0.05, 0.1) is 29.7 Å². The number of carbonyl (C=O) groups excluding carboxylic acids is 2. The highest BCUT2D eigenvalue weighted by molar-refractivity contribution is 6.31. The summed E-state index contributed by atoms with van der Waals surface area (Å²) in [4.78, 5) is 25.8. The molecule has 0 spiro atoms. The second-order valence-corrected chi connectivity index (χ2v) is 5.24. The van der Waals surface area contributed by atoms with E-state index in [-0.39, 0.29) is 12.5 Å². The minimum absolute atomic E-state index is 0.182. The molecule has 0 atom stereocenters. The van der Waals surface area contributed by atoms with Crippen LogP contribution >= 0.6 is 11.6 Å². The molecule has 0 aromatic heterocycles. The summed E-state index contributed by atoms with van der Waals surface area (Å²) in [5, 5.41) is 3.69. The van der Waals surface area contributed by atoms with Gasteiger partial charge in [0.15, 0.2) is 0 Å². The van der Waals surface area contributed by atoms with Crippen molar-refractivity contribution in [2.24, 2.45) is 0 Å². The molecule has 2 aromatic rings. The van der Waals surface area contributed by atoms with Gasteiger partial charge in [-0.05, 0) is 30.3 Å². The molecule has 112 valence electrons. The van der Waals surface area contributed by atoms with Crippen LogP contribution in [0.25, 0.3) is 0 Å². The first-order chi connectivity index (χ1) is 10.6. The number of anilines is 3. The highest BCUT2D eigenvalue weighted by atomic mass is 35.5. The normalized spacial score (nSPS) is 12.8. The Balaban J connectivity index is 2.16. The Morgan fingerprint density at radius 2 is 2.00 bits per heavy atom. The first-order valence-corrected chi connectivity index (χ1v) is 7.02. The maximum Gasteiger partial charge on any atom is 0.325 e. The van der Waals surface area contributed by atoms with Crippen molar-refractivity contribution in [3.8, 4) is 0 Å². The van der Waals surface area contributed by atoms with Gasteiger partial charge in [-0.25, -0.2) is 0 Å². The summed E-state index contributed by atoms with van der Waals surface area (Å²) in [6.45, 7) is -0.182. The molecule has 1 amide bonds. The molecule has 6 heteroatoms. The summed E-state index contributed by atoms with van der Waals surface area (Å²) in [7, 11) is 1.29. The van der Waals surface area contributed by atoms with Crippen LogP contribution in [0.15, 0.2) is 42.5 Å². The lowest BCUT2D eigenvalue weighted by atomic mass is 10.1. The van der Waals surface area contributed by atoms with Crippen LogP contribution in [0.2, 0.25) is 5.02 Å². The fourth-order valence-electron chi connectivity index (χ4n) is 2.36. The monoisotopic (exact) mass is 316 g/mol. The van der Waals surface area contributed by atoms with Gasteiger partial charge in [0, 0.05) is 5.02 Å². The lowest BCUT2D eigenvalue weighted by Crippen LogP contribution is -2.35. The van der Waals surface area contributed by atoms with Crippen LogP contribution < -0.4 is 10.2 Å². The van der Waals surface area contributed by atoms with Gasteiger partial charge in [0.2, 0.25) is 0 Å². The van der Waals surface area contributed by atoms with Crippen LogP contribution in [0.4, 0.5) is 17.1 Å². The van der Waals surface area contributed by atoms with E-state index in [1.807, 2.05) is 12.1 Å². The van der Waals surface area contributed by atoms with E-state index in [0.717, 1.165) is 0 Å². The maximum absolute atomic E-state index is 12.8. The van der Waals surface area contributed by atoms with Gasteiger partial charge >= 0.3 is 5.97 Å². The molecule has 2 aromatic carbocycles. The van der Waals surface area contributed by atoms with E-state index in [1.165, 1.54) is 12.0 Å². The van der Waals surface area contributed by atoms with Crippen LogP contribution in [0.1, 0.15) is 10.4 Å². The fourth-order valence-corrected chi connectivity index (χ4v) is 2.53. The Morgan fingerprint density at radius 1 is 1.23 bits per heavy atom. The van der Waals surface area contributed by atoms with Crippen LogP contribution in [0.5, 0.6) is 0 Å². The summed E-state index contributed by atoms with van der Waals surface area (Å²) in [6, 6.07) is 12.3. The Hall–Kier alpha value is -2.53. The number of nitrogens with one attached hydrogen (secondary N) is 1. The average Bonchev–Trinajstić information content (AvgIpc) is 2.64. The summed E-state index contributed by atoms with van der Waals surface area (Å²) in [5.41, 5.74) is 2.41. The summed E-state index contributed by atoms with van der Waals surface area (Å²) in [5.74, 6) is -0.784. The van der Waals surface area contributed by atoms with Crippen LogP contribution in [-0.2, 0) is 9.53 Å². The molecule has 1 aliphatic heterocycles. The van der Waals surface area contributed by atoms with E-state index in [4.69, 9.17) is 11.6 Å². The molecule has 0 saturated heterocycles. The number of hydrogen-bond acceptors (Lipinski definition) is 4. The molecule has 0 saturated carbocycles. The number of esters is 1. The van der Waals surface area contributed by atoms with Gasteiger partial charge < -0.3 is 10.1 Å². The second kappa shape index (κ2) is 5.69. The average molecular weight is 317 g/mol. The van der Waals surface area contributed by atoms with Gasteiger partial charge in [-0.2, -0.15) is 0 Å². The van der Waals surface area contributed by atoms with Crippen molar-refractivity contribution in [2.45, 2.75) is 0 Å². The molecule has 1 heterocycles. The van der Waals surface area contributed by atoms with Crippen LogP contribution in [0.3, 0.4) is 0 Å². The molecular weight excluding hydrogens is 304 g/mol. The van der Waals surface area contributed by atoms with Crippen molar-refractivity contribution in [2.75, 3.05) is 23.9 Å². The van der Waals surface area contributed by atoms with Crippen LogP contribution in [-0.4, -0.2) is 25.5 Å². The third kappa shape index (κ3) is 2.51. The fraction of sp³-hybridized carbons (Fsp3) is 0.125. The van der Waals surface area contributed by atoms with Gasteiger partial charge in [0.1, 0.15) is 6.54 Å². The molecule has 0 bridgehead atoms. The highest BCUT2D eigenvalue weighted by Gasteiger charge is 2.28. The predicted octanol–water partition coefficient (Wildman–Crippen LogP) is 3.22. The van der Waals surface area contributed by atoms with Gasteiger partial charge in [-0.15, -0.1) is 0 Å². The standard InChI is InChI=1S/C16H13ClN2O3/c1-22-15(20)9-19-14-8-10(17)6-7-13(14)18-12-5-3-2-4-11(12)16(19)21/h2-8,18H,9H2,1H3. The molecule has 1 aliphatic rings. The maximum atomic E-state index is 12.8. The molecule has 3 rings (SSSR count). The van der Waals surface area contributed by atoms with Crippen molar-refractivity contribution in [3.63, 3.8) is 0 Å². The Labute approximate surface area is 132 Å². The van der Waals surface area contributed by atoms with Crippen molar-refractivity contribution >= 4 is 40.5 Å². The molecule has 0 fully saturated rings. The molecule has 22 heavy (non-hydrogen) atoms. The second-order valence-electron chi connectivity index (χ2n) is 4.80. The summed E-state index contributed by atoms with van der Waals surface area (Å²) < 4.78 is 4.69. The zero-order valence-electron chi connectivity index (χ0n) is 11.8. The van der Waals surface area contributed by atoms with Gasteiger partial charge in [-0.3, -0.25) is 14.5 Å². The molecular formula is C16H13ClN2O3.